The summed E-state index contributed by atoms with van der Waals surface area (Å²) in [7, 11) is 2.17. The van der Waals surface area contributed by atoms with Gasteiger partial charge in [-0.15, -0.1) is 0 Å². The Morgan fingerprint density at radius 3 is 2.73 bits per heavy atom. The van der Waals surface area contributed by atoms with Gasteiger partial charge in [0.05, 0.1) is 0 Å². The maximum atomic E-state index is 5.88. The van der Waals surface area contributed by atoms with Gasteiger partial charge < -0.3 is 10.2 Å². The van der Waals surface area contributed by atoms with E-state index in [0.717, 1.165) is 31.1 Å². The maximum absolute atomic E-state index is 5.88. The number of halogens is 1. The zero-order valence-electron chi connectivity index (χ0n) is 9.04. The van der Waals surface area contributed by atoms with E-state index in [9.17, 15) is 0 Å². The summed E-state index contributed by atoms with van der Waals surface area (Å²) in [6, 6.07) is 8.64. The largest absolute Gasteiger partial charge is 0.309 e. The molecule has 1 heterocycles. The lowest BCUT2D eigenvalue weighted by atomic mass is 10.0. The number of hydrogen-bond acceptors (Lipinski definition) is 2. The highest BCUT2D eigenvalue weighted by Gasteiger charge is 2.15. The topological polar surface area (TPSA) is 15.3 Å². The van der Waals surface area contributed by atoms with Crippen LogP contribution in [0.4, 0.5) is 0 Å². The number of hydrogen-bond donors (Lipinski definition) is 1. The van der Waals surface area contributed by atoms with Crippen molar-refractivity contribution in [3.8, 4) is 0 Å². The minimum atomic E-state index is 0.479. The molecule has 0 spiro atoms. The Hall–Kier alpha value is -0.570. The molecule has 1 aromatic carbocycles. The van der Waals surface area contributed by atoms with Gasteiger partial charge in [0.2, 0.25) is 0 Å². The van der Waals surface area contributed by atoms with E-state index < -0.39 is 0 Å². The highest BCUT2D eigenvalue weighted by molar-refractivity contribution is 6.30. The lowest BCUT2D eigenvalue weighted by Gasteiger charge is -2.16. The van der Waals surface area contributed by atoms with Gasteiger partial charge in [-0.25, -0.2) is 0 Å². The summed E-state index contributed by atoms with van der Waals surface area (Å²) in [4.78, 5) is 2.36. The van der Waals surface area contributed by atoms with Gasteiger partial charge in [-0.2, -0.15) is 0 Å². The standard InChI is InChI=1S/C12H17ClN2/c1-15-8-6-12(14-7-9-15)10-2-4-11(13)5-3-10/h2-5,12,14H,6-9H2,1H3. The molecule has 0 radical (unpaired) electrons. The summed E-state index contributed by atoms with van der Waals surface area (Å²) in [5, 5.41) is 4.37. The molecule has 0 saturated carbocycles. The quantitative estimate of drug-likeness (QED) is 0.788. The second-order valence-corrected chi connectivity index (χ2v) is 4.59. The Bertz CT molecular complexity index is 310. The van der Waals surface area contributed by atoms with Gasteiger partial charge in [0.15, 0.2) is 0 Å². The van der Waals surface area contributed by atoms with Gasteiger partial charge in [0.25, 0.3) is 0 Å². The zero-order valence-corrected chi connectivity index (χ0v) is 9.80. The normalized spacial score (nSPS) is 23.7. The molecule has 0 aliphatic carbocycles. The van der Waals surface area contributed by atoms with Crippen LogP contribution in [0, 0.1) is 0 Å². The highest BCUT2D eigenvalue weighted by atomic mass is 35.5. The van der Waals surface area contributed by atoms with E-state index >= 15 is 0 Å². The van der Waals surface area contributed by atoms with Crippen LogP contribution < -0.4 is 5.32 Å². The fraction of sp³-hybridized carbons (Fsp3) is 0.500. The van der Waals surface area contributed by atoms with E-state index in [1.165, 1.54) is 5.56 Å². The van der Waals surface area contributed by atoms with E-state index in [-0.39, 0.29) is 0 Å². The molecule has 3 heteroatoms. The average Bonchev–Trinajstić information content (AvgIpc) is 2.44. The Labute approximate surface area is 96.2 Å². The molecule has 1 saturated heterocycles. The minimum absolute atomic E-state index is 0.479. The molecular weight excluding hydrogens is 208 g/mol. The van der Waals surface area contributed by atoms with Crippen LogP contribution in [0.25, 0.3) is 0 Å². The molecule has 1 aliphatic heterocycles. The molecule has 1 aliphatic rings. The first kappa shape index (κ1) is 10.9. The molecule has 1 unspecified atom stereocenters. The molecule has 0 amide bonds. The van der Waals surface area contributed by atoms with Crippen LogP contribution in [-0.2, 0) is 0 Å². The number of benzene rings is 1. The molecule has 1 N–H and O–H groups in total. The predicted molar refractivity (Wildman–Crippen MR) is 64.3 cm³/mol. The van der Waals surface area contributed by atoms with Crippen molar-refractivity contribution < 1.29 is 0 Å². The number of likely N-dealkylation sites (N-methyl/N-ethyl adjacent to an activating group) is 1. The smallest absolute Gasteiger partial charge is 0.0406 e. The van der Waals surface area contributed by atoms with Crippen molar-refractivity contribution in [2.24, 2.45) is 0 Å². The molecule has 82 valence electrons. The summed E-state index contributed by atoms with van der Waals surface area (Å²) < 4.78 is 0. The molecule has 1 fully saturated rings. The second-order valence-electron chi connectivity index (χ2n) is 4.15. The van der Waals surface area contributed by atoms with E-state index in [1.54, 1.807) is 0 Å². The van der Waals surface area contributed by atoms with Crippen molar-refractivity contribution in [2.75, 3.05) is 26.7 Å². The third kappa shape index (κ3) is 2.94. The second kappa shape index (κ2) is 4.97. The minimum Gasteiger partial charge on any atom is -0.309 e. The van der Waals surface area contributed by atoms with Gasteiger partial charge in [0, 0.05) is 24.2 Å². The van der Waals surface area contributed by atoms with Gasteiger partial charge in [-0.1, -0.05) is 23.7 Å². The van der Waals surface area contributed by atoms with E-state index in [2.05, 4.69) is 29.4 Å². The molecule has 0 aromatic heterocycles. The van der Waals surface area contributed by atoms with Crippen LogP contribution in [0.5, 0.6) is 0 Å². The average molecular weight is 225 g/mol. The summed E-state index contributed by atoms with van der Waals surface area (Å²) >= 11 is 5.88. The Balaban J connectivity index is 2.06. The van der Waals surface area contributed by atoms with Crippen molar-refractivity contribution in [2.45, 2.75) is 12.5 Å². The Kier molecular flexibility index (Phi) is 3.62. The zero-order chi connectivity index (χ0) is 10.7. The van der Waals surface area contributed by atoms with Crippen LogP contribution >= 0.6 is 11.6 Å². The summed E-state index contributed by atoms with van der Waals surface area (Å²) in [6.45, 7) is 3.34. The van der Waals surface area contributed by atoms with Gasteiger partial charge in [-0.05, 0) is 37.7 Å². The van der Waals surface area contributed by atoms with Gasteiger partial charge in [0.1, 0.15) is 0 Å². The van der Waals surface area contributed by atoms with Crippen LogP contribution in [-0.4, -0.2) is 31.6 Å². The lowest BCUT2D eigenvalue weighted by molar-refractivity contribution is 0.355. The Morgan fingerprint density at radius 1 is 1.27 bits per heavy atom. The van der Waals surface area contributed by atoms with E-state index in [1.807, 2.05) is 12.1 Å². The molecule has 1 atom stereocenters. The van der Waals surface area contributed by atoms with Crippen molar-refractivity contribution in [3.63, 3.8) is 0 Å². The van der Waals surface area contributed by atoms with Crippen LogP contribution in [0.1, 0.15) is 18.0 Å². The highest BCUT2D eigenvalue weighted by Crippen LogP contribution is 2.20. The van der Waals surface area contributed by atoms with E-state index in [4.69, 9.17) is 11.6 Å². The van der Waals surface area contributed by atoms with Crippen molar-refractivity contribution >= 4 is 11.6 Å². The third-order valence-corrected chi connectivity index (χ3v) is 3.21. The van der Waals surface area contributed by atoms with Crippen molar-refractivity contribution in [3.05, 3.63) is 34.9 Å². The SMILES string of the molecule is CN1CCNC(c2ccc(Cl)cc2)CC1. The fourth-order valence-corrected chi connectivity index (χ4v) is 2.10. The number of nitrogens with zero attached hydrogens (tertiary/aromatic N) is 1. The fourth-order valence-electron chi connectivity index (χ4n) is 1.97. The van der Waals surface area contributed by atoms with E-state index in [0.29, 0.717) is 6.04 Å². The number of nitrogens with one attached hydrogen (secondary N) is 1. The maximum Gasteiger partial charge on any atom is 0.0406 e. The molecular formula is C12H17ClN2. The van der Waals surface area contributed by atoms with Gasteiger partial charge >= 0.3 is 0 Å². The van der Waals surface area contributed by atoms with Gasteiger partial charge in [-0.3, -0.25) is 0 Å². The van der Waals surface area contributed by atoms with Crippen LogP contribution in [0.15, 0.2) is 24.3 Å². The molecule has 0 bridgehead atoms. The molecule has 15 heavy (non-hydrogen) atoms. The monoisotopic (exact) mass is 224 g/mol. The first-order valence-electron chi connectivity index (χ1n) is 5.43. The Morgan fingerprint density at radius 2 is 2.00 bits per heavy atom. The first-order valence-corrected chi connectivity index (χ1v) is 5.81. The summed E-state index contributed by atoms with van der Waals surface area (Å²) in [6.07, 6.45) is 1.16. The molecule has 2 rings (SSSR count). The third-order valence-electron chi connectivity index (χ3n) is 2.96. The van der Waals surface area contributed by atoms with Crippen LogP contribution in [0.3, 0.4) is 0 Å². The first-order chi connectivity index (χ1) is 7.25. The lowest BCUT2D eigenvalue weighted by Crippen LogP contribution is -2.24. The molecule has 1 aromatic rings. The van der Waals surface area contributed by atoms with Crippen molar-refractivity contribution in [1.82, 2.24) is 10.2 Å². The van der Waals surface area contributed by atoms with Crippen molar-refractivity contribution in [1.29, 1.82) is 0 Å². The summed E-state index contributed by atoms with van der Waals surface area (Å²) in [5.41, 5.74) is 1.34. The summed E-state index contributed by atoms with van der Waals surface area (Å²) in [5.74, 6) is 0. The van der Waals surface area contributed by atoms with Crippen LogP contribution in [0.2, 0.25) is 5.02 Å². The molecule has 2 nitrogen and oxygen atoms in total. The number of rotatable bonds is 1. The predicted octanol–water partition coefficient (Wildman–Crippen LogP) is 2.31.